The molecular formula is C14H18N2O2S. The van der Waals surface area contributed by atoms with Crippen LogP contribution in [0.3, 0.4) is 0 Å². The Morgan fingerprint density at radius 1 is 1.00 bits per heavy atom. The zero-order valence-corrected chi connectivity index (χ0v) is 11.5. The summed E-state index contributed by atoms with van der Waals surface area (Å²) >= 11 is 0. The summed E-state index contributed by atoms with van der Waals surface area (Å²) < 4.78 is 22.4. The van der Waals surface area contributed by atoms with E-state index in [-0.39, 0.29) is 5.75 Å². The minimum Gasteiger partial charge on any atom is -0.258 e. The summed E-state index contributed by atoms with van der Waals surface area (Å²) in [5, 5.41) is 2.46. The minimum atomic E-state index is -3.29. The van der Waals surface area contributed by atoms with Crippen molar-refractivity contribution in [1.82, 2.24) is 4.83 Å². The van der Waals surface area contributed by atoms with E-state index in [1.54, 1.807) is 0 Å². The molecule has 0 aliphatic carbocycles. The third-order valence-electron chi connectivity index (χ3n) is 3.17. The molecule has 2 aromatic rings. The van der Waals surface area contributed by atoms with Gasteiger partial charge < -0.3 is 0 Å². The van der Waals surface area contributed by atoms with Crippen LogP contribution in [0.25, 0.3) is 10.8 Å². The van der Waals surface area contributed by atoms with Gasteiger partial charge in [0.2, 0.25) is 10.0 Å². The fourth-order valence-corrected chi connectivity index (χ4v) is 2.88. The monoisotopic (exact) mass is 278 g/mol. The number of unbranched alkanes of at least 4 members (excludes halogenated alkanes) is 1. The predicted octanol–water partition coefficient (Wildman–Crippen LogP) is 1.96. The molecule has 4 nitrogen and oxygen atoms in total. The highest BCUT2D eigenvalue weighted by Gasteiger charge is 2.07. The lowest BCUT2D eigenvalue weighted by Crippen LogP contribution is -2.32. The third kappa shape index (κ3) is 3.76. The summed E-state index contributed by atoms with van der Waals surface area (Å²) in [6.45, 7) is 0. The number of nitrogens with two attached hydrogens (primary N) is 1. The summed E-state index contributed by atoms with van der Waals surface area (Å²) in [6, 6.07) is 14.4. The topological polar surface area (TPSA) is 72.2 Å². The SMILES string of the molecule is NNS(=O)(=O)CCCCc1cccc2ccccc12. The van der Waals surface area contributed by atoms with Gasteiger partial charge in [0, 0.05) is 0 Å². The van der Waals surface area contributed by atoms with Gasteiger partial charge in [-0.1, -0.05) is 42.5 Å². The fourth-order valence-electron chi connectivity index (χ4n) is 2.18. The standard InChI is InChI=1S/C14H18N2O2S/c15-16-19(17,18)11-4-3-7-13-9-5-8-12-6-1-2-10-14(12)13/h1-2,5-6,8-10,16H,3-4,7,11,15H2. The lowest BCUT2D eigenvalue weighted by Gasteiger charge is -2.06. The quantitative estimate of drug-likeness (QED) is 0.482. The van der Waals surface area contributed by atoms with E-state index in [9.17, 15) is 8.42 Å². The van der Waals surface area contributed by atoms with Gasteiger partial charge >= 0.3 is 0 Å². The van der Waals surface area contributed by atoms with Gasteiger partial charge in [-0.25, -0.2) is 8.42 Å². The first-order valence-corrected chi connectivity index (χ1v) is 7.94. The summed E-state index contributed by atoms with van der Waals surface area (Å²) in [7, 11) is -3.29. The van der Waals surface area contributed by atoms with E-state index < -0.39 is 10.0 Å². The van der Waals surface area contributed by atoms with Gasteiger partial charge in [-0.2, -0.15) is 4.83 Å². The highest BCUT2D eigenvalue weighted by atomic mass is 32.2. The number of aryl methyl sites for hydroxylation is 1. The second-order valence-electron chi connectivity index (χ2n) is 4.53. The predicted molar refractivity (Wildman–Crippen MR) is 78.0 cm³/mol. The molecule has 0 fully saturated rings. The van der Waals surface area contributed by atoms with E-state index in [2.05, 4.69) is 24.3 Å². The normalized spacial score (nSPS) is 11.8. The molecule has 0 amide bonds. The number of sulfonamides is 1. The van der Waals surface area contributed by atoms with Crippen LogP contribution in [0.2, 0.25) is 0 Å². The van der Waals surface area contributed by atoms with Gasteiger partial charge in [-0.05, 0) is 35.6 Å². The lowest BCUT2D eigenvalue weighted by molar-refractivity contribution is 0.579. The summed E-state index contributed by atoms with van der Waals surface area (Å²) in [4.78, 5) is 1.84. The number of hydrogen-bond acceptors (Lipinski definition) is 3. The fraction of sp³-hybridized carbons (Fsp3) is 0.286. The summed E-state index contributed by atoms with van der Waals surface area (Å²) in [5.41, 5.74) is 1.26. The molecule has 0 spiro atoms. The molecule has 19 heavy (non-hydrogen) atoms. The second kappa shape index (κ2) is 6.14. The van der Waals surface area contributed by atoms with Crippen molar-refractivity contribution >= 4 is 20.8 Å². The molecule has 0 aliphatic heterocycles. The van der Waals surface area contributed by atoms with Crippen molar-refractivity contribution in [3.05, 3.63) is 48.0 Å². The largest absolute Gasteiger partial charge is 0.258 e. The lowest BCUT2D eigenvalue weighted by atomic mass is 10.0. The van der Waals surface area contributed by atoms with Crippen molar-refractivity contribution in [1.29, 1.82) is 0 Å². The van der Waals surface area contributed by atoms with Crippen LogP contribution in [-0.4, -0.2) is 14.2 Å². The maximum absolute atomic E-state index is 11.2. The van der Waals surface area contributed by atoms with Crippen LogP contribution in [0.5, 0.6) is 0 Å². The molecule has 0 heterocycles. The molecule has 5 heteroatoms. The zero-order valence-electron chi connectivity index (χ0n) is 10.7. The van der Waals surface area contributed by atoms with Gasteiger partial charge in [0.05, 0.1) is 5.75 Å². The molecule has 0 atom stereocenters. The average Bonchev–Trinajstić information content (AvgIpc) is 2.44. The number of rotatable bonds is 6. The molecule has 3 N–H and O–H groups in total. The average molecular weight is 278 g/mol. The van der Waals surface area contributed by atoms with Gasteiger partial charge in [-0.3, -0.25) is 5.84 Å². The van der Waals surface area contributed by atoms with E-state index in [0.29, 0.717) is 6.42 Å². The van der Waals surface area contributed by atoms with E-state index in [0.717, 1.165) is 12.8 Å². The molecule has 2 aromatic carbocycles. The molecule has 0 aromatic heterocycles. The third-order valence-corrected chi connectivity index (χ3v) is 4.35. The Balaban J connectivity index is 1.99. The zero-order chi connectivity index (χ0) is 13.7. The van der Waals surface area contributed by atoms with Gasteiger partial charge in [-0.15, -0.1) is 0 Å². The van der Waals surface area contributed by atoms with Crippen molar-refractivity contribution in [3.63, 3.8) is 0 Å². The molecule has 0 radical (unpaired) electrons. The number of nitrogens with one attached hydrogen (secondary N) is 1. The minimum absolute atomic E-state index is 0.0776. The smallest absolute Gasteiger partial charge is 0.224 e. The maximum atomic E-state index is 11.2. The number of benzene rings is 2. The second-order valence-corrected chi connectivity index (χ2v) is 6.41. The van der Waals surface area contributed by atoms with Crippen LogP contribution in [0.4, 0.5) is 0 Å². The van der Waals surface area contributed by atoms with Crippen molar-refractivity contribution in [3.8, 4) is 0 Å². The Hall–Kier alpha value is -1.43. The van der Waals surface area contributed by atoms with E-state index in [1.807, 2.05) is 23.0 Å². The van der Waals surface area contributed by atoms with Crippen LogP contribution in [0.15, 0.2) is 42.5 Å². The molecule has 0 saturated carbocycles. The molecule has 102 valence electrons. The molecule has 0 unspecified atom stereocenters. The Morgan fingerprint density at radius 3 is 2.53 bits per heavy atom. The molecule has 0 aliphatic rings. The first kappa shape index (κ1) is 14.0. The van der Waals surface area contributed by atoms with Gasteiger partial charge in [0.1, 0.15) is 0 Å². The van der Waals surface area contributed by atoms with Crippen LogP contribution < -0.4 is 10.7 Å². The summed E-state index contributed by atoms with van der Waals surface area (Å²) in [5.74, 6) is 5.01. The van der Waals surface area contributed by atoms with Crippen LogP contribution in [0, 0.1) is 0 Å². The Bertz CT molecular complexity index is 648. The van der Waals surface area contributed by atoms with E-state index in [1.165, 1.54) is 16.3 Å². The Kier molecular flexibility index (Phi) is 4.52. The van der Waals surface area contributed by atoms with Crippen LogP contribution >= 0.6 is 0 Å². The van der Waals surface area contributed by atoms with Crippen molar-refractivity contribution in [2.75, 3.05) is 5.75 Å². The van der Waals surface area contributed by atoms with Crippen molar-refractivity contribution in [2.45, 2.75) is 19.3 Å². The first-order chi connectivity index (χ1) is 9.12. The number of fused-ring (bicyclic) bond motifs is 1. The van der Waals surface area contributed by atoms with E-state index >= 15 is 0 Å². The van der Waals surface area contributed by atoms with Crippen LogP contribution in [-0.2, 0) is 16.4 Å². The molecule has 0 saturated heterocycles. The van der Waals surface area contributed by atoms with E-state index in [4.69, 9.17) is 5.84 Å². The maximum Gasteiger partial charge on any atom is 0.224 e. The Labute approximate surface area is 113 Å². The molecule has 0 bridgehead atoms. The van der Waals surface area contributed by atoms with Crippen molar-refractivity contribution < 1.29 is 8.42 Å². The summed E-state index contributed by atoms with van der Waals surface area (Å²) in [6.07, 6.45) is 2.31. The highest BCUT2D eigenvalue weighted by Crippen LogP contribution is 2.20. The molecular weight excluding hydrogens is 260 g/mol. The van der Waals surface area contributed by atoms with Crippen LogP contribution in [0.1, 0.15) is 18.4 Å². The van der Waals surface area contributed by atoms with Gasteiger partial charge in [0.25, 0.3) is 0 Å². The van der Waals surface area contributed by atoms with Crippen molar-refractivity contribution in [2.24, 2.45) is 5.84 Å². The number of hydrazine groups is 1. The molecule has 2 rings (SSSR count). The number of hydrogen-bond donors (Lipinski definition) is 2. The van der Waals surface area contributed by atoms with Gasteiger partial charge in [0.15, 0.2) is 0 Å². The highest BCUT2D eigenvalue weighted by molar-refractivity contribution is 7.89. The Morgan fingerprint density at radius 2 is 1.74 bits per heavy atom. The first-order valence-electron chi connectivity index (χ1n) is 6.29.